The summed E-state index contributed by atoms with van der Waals surface area (Å²) in [5.74, 6) is -1.85. The SMILES string of the molecule is C=CCN1C(=O)/C(=C/c2cccc(OCCC(=O)O)c2)SC1=Nc1ccccc1C(=O)O. The van der Waals surface area contributed by atoms with Gasteiger partial charge >= 0.3 is 11.9 Å². The largest absolute Gasteiger partial charge is 0.493 e. The summed E-state index contributed by atoms with van der Waals surface area (Å²) in [6.07, 6.45) is 3.13. The van der Waals surface area contributed by atoms with E-state index in [-0.39, 0.29) is 36.7 Å². The molecule has 0 radical (unpaired) electrons. The molecule has 0 saturated carbocycles. The van der Waals surface area contributed by atoms with Crippen molar-refractivity contribution in [3.05, 3.63) is 77.2 Å². The maximum atomic E-state index is 12.9. The number of carbonyl (C=O) groups excluding carboxylic acids is 1. The van der Waals surface area contributed by atoms with Crippen LogP contribution in [0.15, 0.2) is 71.1 Å². The fourth-order valence-corrected chi connectivity index (χ4v) is 3.84. The number of aliphatic imine (C=N–C) groups is 1. The van der Waals surface area contributed by atoms with Gasteiger partial charge in [0.1, 0.15) is 5.75 Å². The van der Waals surface area contributed by atoms with Crippen molar-refractivity contribution in [2.75, 3.05) is 13.2 Å². The van der Waals surface area contributed by atoms with E-state index >= 15 is 0 Å². The molecule has 1 saturated heterocycles. The van der Waals surface area contributed by atoms with Crippen LogP contribution in [0, 0.1) is 0 Å². The number of aromatic carboxylic acids is 1. The van der Waals surface area contributed by atoms with E-state index in [4.69, 9.17) is 9.84 Å². The number of benzene rings is 2. The van der Waals surface area contributed by atoms with E-state index in [0.717, 1.165) is 11.8 Å². The molecule has 1 aliphatic rings. The number of amidine groups is 1. The number of carboxylic acid groups (broad SMARTS) is 2. The van der Waals surface area contributed by atoms with E-state index in [2.05, 4.69) is 11.6 Å². The summed E-state index contributed by atoms with van der Waals surface area (Å²) >= 11 is 1.13. The Bertz CT molecular complexity index is 1120. The number of hydrogen-bond donors (Lipinski definition) is 2. The summed E-state index contributed by atoms with van der Waals surface area (Å²) in [5, 5.41) is 18.5. The van der Waals surface area contributed by atoms with Crippen molar-refractivity contribution in [1.29, 1.82) is 0 Å². The number of carbonyl (C=O) groups is 3. The lowest BCUT2D eigenvalue weighted by molar-refractivity contribution is -0.137. The molecule has 8 nitrogen and oxygen atoms in total. The van der Waals surface area contributed by atoms with Gasteiger partial charge in [-0.2, -0.15) is 0 Å². The fourth-order valence-electron chi connectivity index (χ4n) is 2.84. The van der Waals surface area contributed by atoms with E-state index in [9.17, 15) is 19.5 Å². The van der Waals surface area contributed by atoms with Gasteiger partial charge in [0.2, 0.25) is 0 Å². The van der Waals surface area contributed by atoms with Crippen molar-refractivity contribution in [2.24, 2.45) is 4.99 Å². The van der Waals surface area contributed by atoms with Crippen molar-refractivity contribution in [3.8, 4) is 5.75 Å². The number of amides is 1. The van der Waals surface area contributed by atoms with Gasteiger partial charge < -0.3 is 14.9 Å². The van der Waals surface area contributed by atoms with Crippen LogP contribution in [0.3, 0.4) is 0 Å². The first-order valence-electron chi connectivity index (χ1n) is 9.57. The number of ether oxygens (including phenoxy) is 1. The monoisotopic (exact) mass is 452 g/mol. The molecule has 3 rings (SSSR count). The minimum absolute atomic E-state index is 0.0373. The van der Waals surface area contributed by atoms with Crippen molar-refractivity contribution in [2.45, 2.75) is 6.42 Å². The van der Waals surface area contributed by atoms with Crippen molar-refractivity contribution >= 4 is 46.5 Å². The fraction of sp³-hybridized carbons (Fsp3) is 0.130. The lowest BCUT2D eigenvalue weighted by Crippen LogP contribution is -2.29. The van der Waals surface area contributed by atoms with Gasteiger partial charge in [-0.1, -0.05) is 30.3 Å². The number of carboxylic acids is 2. The van der Waals surface area contributed by atoms with Crippen LogP contribution in [0.4, 0.5) is 5.69 Å². The molecule has 9 heteroatoms. The summed E-state index contributed by atoms with van der Waals surface area (Å²) in [6, 6.07) is 13.3. The molecule has 2 aromatic rings. The van der Waals surface area contributed by atoms with Gasteiger partial charge in [-0.05, 0) is 47.7 Å². The summed E-state index contributed by atoms with van der Waals surface area (Å²) in [6.45, 7) is 3.93. The molecule has 164 valence electrons. The van der Waals surface area contributed by atoms with Crippen LogP contribution < -0.4 is 4.74 Å². The summed E-state index contributed by atoms with van der Waals surface area (Å²) in [7, 11) is 0. The Kier molecular flexibility index (Phi) is 7.45. The second-order valence-corrected chi connectivity index (χ2v) is 7.61. The van der Waals surface area contributed by atoms with Crippen molar-refractivity contribution < 1.29 is 29.3 Å². The number of nitrogens with zero attached hydrogens (tertiary/aromatic N) is 2. The molecular weight excluding hydrogens is 432 g/mol. The van der Waals surface area contributed by atoms with Gasteiger partial charge in [-0.15, -0.1) is 6.58 Å². The van der Waals surface area contributed by atoms with Crippen LogP contribution in [-0.4, -0.2) is 51.3 Å². The van der Waals surface area contributed by atoms with Crippen LogP contribution in [-0.2, 0) is 9.59 Å². The minimum atomic E-state index is -1.11. The van der Waals surface area contributed by atoms with Gasteiger partial charge in [0.25, 0.3) is 5.91 Å². The van der Waals surface area contributed by atoms with Crippen LogP contribution in [0.25, 0.3) is 6.08 Å². The average Bonchev–Trinajstić information content (AvgIpc) is 3.03. The molecule has 0 atom stereocenters. The number of para-hydroxylation sites is 1. The first-order valence-corrected chi connectivity index (χ1v) is 10.4. The van der Waals surface area contributed by atoms with E-state index < -0.39 is 11.9 Å². The van der Waals surface area contributed by atoms with Gasteiger partial charge in [0, 0.05) is 6.54 Å². The smallest absolute Gasteiger partial charge is 0.337 e. The molecule has 1 amide bonds. The maximum absolute atomic E-state index is 12.9. The maximum Gasteiger partial charge on any atom is 0.337 e. The predicted octanol–water partition coefficient (Wildman–Crippen LogP) is 4.03. The van der Waals surface area contributed by atoms with Gasteiger partial charge in [-0.25, -0.2) is 9.79 Å². The Morgan fingerprint density at radius 3 is 2.66 bits per heavy atom. The normalized spacial score (nSPS) is 15.9. The minimum Gasteiger partial charge on any atom is -0.493 e. The summed E-state index contributed by atoms with van der Waals surface area (Å²) in [4.78, 5) is 41.3. The first-order chi connectivity index (χ1) is 15.4. The quantitative estimate of drug-likeness (QED) is 0.436. The number of hydrogen-bond acceptors (Lipinski definition) is 6. The molecule has 1 fully saturated rings. The lowest BCUT2D eigenvalue weighted by Gasteiger charge is -2.13. The molecular formula is C23H20N2O6S. The van der Waals surface area contributed by atoms with Gasteiger partial charge in [-0.3, -0.25) is 14.5 Å². The van der Waals surface area contributed by atoms with Crippen LogP contribution >= 0.6 is 11.8 Å². The molecule has 0 unspecified atom stereocenters. The lowest BCUT2D eigenvalue weighted by atomic mass is 10.2. The highest BCUT2D eigenvalue weighted by Crippen LogP contribution is 2.35. The average molecular weight is 452 g/mol. The highest BCUT2D eigenvalue weighted by molar-refractivity contribution is 8.18. The zero-order valence-electron chi connectivity index (χ0n) is 16.9. The Labute approximate surface area is 188 Å². The van der Waals surface area contributed by atoms with E-state index in [1.54, 1.807) is 54.6 Å². The predicted molar refractivity (Wildman–Crippen MR) is 122 cm³/mol. The Morgan fingerprint density at radius 2 is 1.94 bits per heavy atom. The second-order valence-electron chi connectivity index (χ2n) is 6.60. The summed E-state index contributed by atoms with van der Waals surface area (Å²) < 4.78 is 5.44. The Balaban J connectivity index is 1.89. The van der Waals surface area contributed by atoms with E-state index in [1.807, 2.05) is 0 Å². The standard InChI is InChI=1S/C23H20N2O6S/c1-2-11-25-21(28)19(14-15-6-5-7-16(13-15)31-12-10-20(26)27)32-23(25)24-18-9-4-3-8-17(18)22(29)30/h2-9,13-14H,1,10-12H2,(H,26,27)(H,29,30)/b19-14-,24-23?. The third-order valence-corrected chi connectivity index (χ3v) is 5.30. The van der Waals surface area contributed by atoms with Gasteiger partial charge in [0.05, 0.1) is 29.2 Å². The zero-order chi connectivity index (χ0) is 23.1. The molecule has 1 aliphatic heterocycles. The first kappa shape index (κ1) is 22.8. The molecule has 0 aromatic heterocycles. The van der Waals surface area contributed by atoms with Crippen molar-refractivity contribution in [1.82, 2.24) is 4.90 Å². The Hall–Kier alpha value is -3.85. The van der Waals surface area contributed by atoms with Crippen LogP contribution in [0.1, 0.15) is 22.3 Å². The highest BCUT2D eigenvalue weighted by Gasteiger charge is 2.33. The van der Waals surface area contributed by atoms with Crippen LogP contribution in [0.5, 0.6) is 5.75 Å². The molecule has 0 bridgehead atoms. The second kappa shape index (κ2) is 10.5. The van der Waals surface area contributed by atoms with Crippen LogP contribution in [0.2, 0.25) is 0 Å². The molecule has 2 aromatic carbocycles. The molecule has 0 spiro atoms. The van der Waals surface area contributed by atoms with Crippen molar-refractivity contribution in [3.63, 3.8) is 0 Å². The summed E-state index contributed by atoms with van der Waals surface area (Å²) in [5.41, 5.74) is 0.981. The molecule has 2 N–H and O–H groups in total. The number of rotatable bonds is 9. The number of aliphatic carboxylic acids is 1. The third-order valence-electron chi connectivity index (χ3n) is 4.29. The number of thioether (sulfide) groups is 1. The molecule has 1 heterocycles. The van der Waals surface area contributed by atoms with Gasteiger partial charge in [0.15, 0.2) is 5.17 Å². The highest BCUT2D eigenvalue weighted by atomic mass is 32.2. The van der Waals surface area contributed by atoms with E-state index in [1.165, 1.54) is 11.0 Å². The topological polar surface area (TPSA) is 117 Å². The molecule has 32 heavy (non-hydrogen) atoms. The third kappa shape index (κ3) is 5.64. The Morgan fingerprint density at radius 1 is 1.16 bits per heavy atom. The molecule has 0 aliphatic carbocycles. The van der Waals surface area contributed by atoms with E-state index in [0.29, 0.717) is 21.4 Å². The zero-order valence-corrected chi connectivity index (χ0v) is 17.7.